The molecule has 0 aromatic rings. The van der Waals surface area contributed by atoms with Gasteiger partial charge in [-0.1, -0.05) is 6.92 Å². The quantitative estimate of drug-likeness (QED) is 0.288. The molecule has 0 aromatic carbocycles. The summed E-state index contributed by atoms with van der Waals surface area (Å²) in [5.74, 6) is -1.36. The first kappa shape index (κ1) is 18.2. The minimum atomic E-state index is -1.25. The van der Waals surface area contributed by atoms with Crippen molar-refractivity contribution in [3.63, 3.8) is 0 Å². The van der Waals surface area contributed by atoms with Gasteiger partial charge < -0.3 is 20.4 Å². The molecule has 1 aliphatic heterocycles. The average Bonchev–Trinajstić information content (AvgIpc) is 2.74. The fraction of sp³-hybridized carbons (Fsp3) is 0.750. The Bertz CT molecular complexity index is 336. The van der Waals surface area contributed by atoms with Crippen molar-refractivity contribution >= 4 is 18.2 Å². The van der Waals surface area contributed by atoms with Crippen LogP contribution in [0.1, 0.15) is 32.6 Å². The predicted molar refractivity (Wildman–Crippen MR) is 63.9 cm³/mol. The Morgan fingerprint density at radius 1 is 1.53 bits per heavy atom. The zero-order valence-electron chi connectivity index (χ0n) is 11.5. The van der Waals surface area contributed by atoms with E-state index in [9.17, 15) is 14.7 Å². The molecule has 0 aliphatic carbocycles. The largest absolute Gasteiger partial charge is 1.00 e. The molecule has 0 unspecified atom stereocenters. The first-order valence-electron chi connectivity index (χ1n) is 6.17. The number of carbonyl (C=O) groups is 2. The standard InChI is InChI=1S/C12H20N2O4.Li/c1-8-5-6-14-10(8)12(17)18-7-3-2-4-9(13)11(15)16;/h6,8-10H,2-5,7,13H2,1H3,(H,15,16);/q;+1/p-1/t8-,9+,10-;/m1./s1. The third-order valence-corrected chi connectivity index (χ3v) is 2.98. The molecule has 0 amide bonds. The molecule has 19 heavy (non-hydrogen) atoms. The van der Waals surface area contributed by atoms with Crippen LogP contribution in [0.25, 0.3) is 0 Å². The van der Waals surface area contributed by atoms with E-state index < -0.39 is 12.0 Å². The zero-order valence-corrected chi connectivity index (χ0v) is 11.5. The molecule has 2 N–H and O–H groups in total. The number of carboxylic acid groups (broad SMARTS) is 1. The van der Waals surface area contributed by atoms with E-state index in [2.05, 4.69) is 4.99 Å². The van der Waals surface area contributed by atoms with E-state index >= 15 is 0 Å². The first-order valence-corrected chi connectivity index (χ1v) is 6.17. The average molecular weight is 262 g/mol. The number of nitrogens with zero attached hydrogens (tertiary/aromatic N) is 1. The number of rotatable bonds is 7. The second-order valence-corrected chi connectivity index (χ2v) is 4.58. The minimum Gasteiger partial charge on any atom is -0.548 e. The van der Waals surface area contributed by atoms with Crippen LogP contribution in [-0.2, 0) is 14.3 Å². The Hall–Kier alpha value is -0.833. The van der Waals surface area contributed by atoms with Crippen molar-refractivity contribution in [1.82, 2.24) is 0 Å². The number of carboxylic acids is 1. The van der Waals surface area contributed by atoms with E-state index in [0.717, 1.165) is 6.42 Å². The van der Waals surface area contributed by atoms with Crippen molar-refractivity contribution in [2.45, 2.75) is 44.7 Å². The molecular formula is C12H19LiN2O4. The summed E-state index contributed by atoms with van der Waals surface area (Å²) in [5.41, 5.74) is 5.29. The summed E-state index contributed by atoms with van der Waals surface area (Å²) in [7, 11) is 0. The van der Waals surface area contributed by atoms with E-state index in [1.165, 1.54) is 0 Å². The summed E-state index contributed by atoms with van der Waals surface area (Å²) < 4.78 is 5.08. The van der Waals surface area contributed by atoms with Crippen LogP contribution in [0.15, 0.2) is 4.99 Å². The van der Waals surface area contributed by atoms with Crippen molar-refractivity contribution < 1.29 is 38.3 Å². The van der Waals surface area contributed by atoms with Crippen LogP contribution in [0.3, 0.4) is 0 Å². The normalized spacial score (nSPS) is 22.6. The molecule has 0 saturated carbocycles. The fourth-order valence-corrected chi connectivity index (χ4v) is 1.75. The Kier molecular flexibility index (Phi) is 8.73. The maximum Gasteiger partial charge on any atom is 1.00 e. The number of aliphatic carboxylic acids is 1. The molecule has 6 nitrogen and oxygen atoms in total. The number of nitrogens with two attached hydrogens (primary N) is 1. The molecule has 3 atom stereocenters. The molecular weight excluding hydrogens is 243 g/mol. The summed E-state index contributed by atoms with van der Waals surface area (Å²) in [6.07, 6.45) is 4.07. The second kappa shape index (κ2) is 9.13. The van der Waals surface area contributed by atoms with Crippen LogP contribution in [0.2, 0.25) is 0 Å². The van der Waals surface area contributed by atoms with Crippen LogP contribution >= 0.6 is 0 Å². The molecule has 1 aliphatic rings. The van der Waals surface area contributed by atoms with Crippen molar-refractivity contribution in [1.29, 1.82) is 0 Å². The van der Waals surface area contributed by atoms with Crippen LogP contribution in [-0.4, -0.2) is 36.8 Å². The number of aliphatic imine (C=N–C) groups is 1. The summed E-state index contributed by atoms with van der Waals surface area (Å²) in [6.45, 7) is 2.23. The summed E-state index contributed by atoms with van der Waals surface area (Å²) >= 11 is 0. The van der Waals surface area contributed by atoms with E-state index in [4.69, 9.17) is 10.5 Å². The van der Waals surface area contributed by atoms with E-state index in [1.807, 2.05) is 6.92 Å². The Balaban J connectivity index is 0.00000324. The van der Waals surface area contributed by atoms with Gasteiger partial charge in [0.15, 0.2) is 0 Å². The molecule has 7 heteroatoms. The van der Waals surface area contributed by atoms with E-state index in [-0.39, 0.29) is 43.4 Å². The van der Waals surface area contributed by atoms with Gasteiger partial charge in [-0.15, -0.1) is 0 Å². The van der Waals surface area contributed by atoms with Gasteiger partial charge in [-0.2, -0.15) is 0 Å². The van der Waals surface area contributed by atoms with Gasteiger partial charge in [-0.05, 0) is 31.6 Å². The Morgan fingerprint density at radius 3 is 2.74 bits per heavy atom. The number of unbranched alkanes of at least 4 members (excludes halogenated alkanes) is 1. The predicted octanol–water partition coefficient (Wildman–Crippen LogP) is -3.74. The molecule has 0 bridgehead atoms. The van der Waals surface area contributed by atoms with Gasteiger partial charge in [0.25, 0.3) is 0 Å². The molecule has 1 heterocycles. The summed E-state index contributed by atoms with van der Waals surface area (Å²) in [6, 6.07) is -1.32. The maximum atomic E-state index is 11.6. The smallest absolute Gasteiger partial charge is 0.548 e. The van der Waals surface area contributed by atoms with Crippen molar-refractivity contribution in [3.8, 4) is 0 Å². The van der Waals surface area contributed by atoms with Crippen LogP contribution in [0.4, 0.5) is 0 Å². The third-order valence-electron chi connectivity index (χ3n) is 2.98. The topological polar surface area (TPSA) is 105 Å². The van der Waals surface area contributed by atoms with Gasteiger partial charge in [-0.25, -0.2) is 4.79 Å². The van der Waals surface area contributed by atoms with E-state index in [0.29, 0.717) is 19.3 Å². The molecule has 102 valence electrons. The third kappa shape index (κ3) is 6.24. The number of carbonyl (C=O) groups excluding carboxylic acids is 2. The van der Waals surface area contributed by atoms with Crippen LogP contribution in [0, 0.1) is 5.92 Å². The molecule has 0 radical (unpaired) electrons. The maximum absolute atomic E-state index is 11.6. The Morgan fingerprint density at radius 2 is 2.21 bits per heavy atom. The molecule has 0 aromatic heterocycles. The molecule has 0 fully saturated rings. The monoisotopic (exact) mass is 262 g/mol. The van der Waals surface area contributed by atoms with Gasteiger partial charge in [-0.3, -0.25) is 4.99 Å². The minimum absolute atomic E-state index is 0. The second-order valence-electron chi connectivity index (χ2n) is 4.58. The van der Waals surface area contributed by atoms with E-state index in [1.54, 1.807) is 6.21 Å². The van der Waals surface area contributed by atoms with Crippen molar-refractivity contribution in [3.05, 3.63) is 0 Å². The number of hydrogen-bond acceptors (Lipinski definition) is 6. The number of hydrogen-bond donors (Lipinski definition) is 1. The van der Waals surface area contributed by atoms with Crippen molar-refractivity contribution in [2.24, 2.45) is 16.6 Å². The molecule has 1 rings (SSSR count). The van der Waals surface area contributed by atoms with Crippen LogP contribution in [0.5, 0.6) is 0 Å². The van der Waals surface area contributed by atoms with Gasteiger partial charge in [0.1, 0.15) is 6.04 Å². The molecule has 0 saturated heterocycles. The van der Waals surface area contributed by atoms with Gasteiger partial charge in [0.2, 0.25) is 0 Å². The zero-order chi connectivity index (χ0) is 13.5. The molecule has 0 spiro atoms. The SMILES string of the molecule is C[C@@H]1CC=N[C@H]1C(=O)OCCCC[C@H](N)C(=O)[O-].[Li+]. The van der Waals surface area contributed by atoms with Gasteiger partial charge in [0.05, 0.1) is 12.6 Å². The summed E-state index contributed by atoms with van der Waals surface area (Å²) in [5, 5.41) is 10.3. The summed E-state index contributed by atoms with van der Waals surface area (Å²) in [4.78, 5) is 26.0. The number of esters is 1. The van der Waals surface area contributed by atoms with Gasteiger partial charge in [0, 0.05) is 12.3 Å². The number of ether oxygens (including phenoxy) is 1. The van der Waals surface area contributed by atoms with Gasteiger partial charge >= 0.3 is 24.8 Å². The first-order chi connectivity index (χ1) is 8.52. The van der Waals surface area contributed by atoms with Crippen LogP contribution < -0.4 is 29.7 Å². The Labute approximate surface area is 125 Å². The van der Waals surface area contributed by atoms with Crippen molar-refractivity contribution in [2.75, 3.05) is 6.61 Å². The fourth-order valence-electron chi connectivity index (χ4n) is 1.75.